The molecule has 1 aromatic rings. The predicted octanol–water partition coefficient (Wildman–Crippen LogP) is 2.01. The molecule has 0 aliphatic carbocycles. The molecule has 6 nitrogen and oxygen atoms in total. The average molecular weight is 434 g/mol. The van der Waals surface area contributed by atoms with Gasteiger partial charge in [-0.2, -0.15) is 4.31 Å². The van der Waals surface area contributed by atoms with Crippen molar-refractivity contribution in [1.29, 1.82) is 0 Å². The Kier molecular flexibility index (Phi) is 7.76. The van der Waals surface area contributed by atoms with Crippen molar-refractivity contribution in [2.75, 3.05) is 26.2 Å². The van der Waals surface area contributed by atoms with Gasteiger partial charge in [0.15, 0.2) is 0 Å². The molecule has 126 valence electrons. The van der Waals surface area contributed by atoms with Crippen LogP contribution in [0.1, 0.15) is 12.8 Å². The molecule has 2 N–H and O–H groups in total. The standard InChI is InChI=1S/C12H17BrN2O4S2.ClH/c13-10-3-4-12(20-10)21(18,19)15-5-1-2-9(8-15)6-14-7-11(16)17;/h3-4,9,14H,1-2,5-8H2,(H,16,17);1H. The van der Waals surface area contributed by atoms with Crippen LogP contribution in [0.5, 0.6) is 0 Å². The Morgan fingerprint density at radius 3 is 2.82 bits per heavy atom. The van der Waals surface area contributed by atoms with Crippen molar-refractivity contribution in [2.24, 2.45) is 5.92 Å². The lowest BCUT2D eigenvalue weighted by atomic mass is 10.00. The van der Waals surface area contributed by atoms with E-state index in [1.807, 2.05) is 0 Å². The van der Waals surface area contributed by atoms with Gasteiger partial charge in [0, 0.05) is 13.1 Å². The average Bonchev–Trinajstić information content (AvgIpc) is 2.86. The van der Waals surface area contributed by atoms with Crippen molar-refractivity contribution in [3.63, 3.8) is 0 Å². The number of thiophene rings is 1. The monoisotopic (exact) mass is 432 g/mol. The van der Waals surface area contributed by atoms with Gasteiger partial charge >= 0.3 is 5.97 Å². The molecule has 0 saturated carbocycles. The van der Waals surface area contributed by atoms with E-state index < -0.39 is 16.0 Å². The van der Waals surface area contributed by atoms with Crippen LogP contribution in [0.25, 0.3) is 0 Å². The van der Waals surface area contributed by atoms with Crippen LogP contribution in [0.15, 0.2) is 20.1 Å². The first kappa shape index (κ1) is 19.9. The van der Waals surface area contributed by atoms with Gasteiger partial charge < -0.3 is 10.4 Å². The number of hydrogen-bond donors (Lipinski definition) is 2. The van der Waals surface area contributed by atoms with E-state index in [-0.39, 0.29) is 24.9 Å². The lowest BCUT2D eigenvalue weighted by Gasteiger charge is -2.31. The van der Waals surface area contributed by atoms with Gasteiger partial charge in [-0.25, -0.2) is 8.42 Å². The van der Waals surface area contributed by atoms with Crippen molar-refractivity contribution in [3.8, 4) is 0 Å². The fraction of sp³-hybridized carbons (Fsp3) is 0.583. The molecule has 0 amide bonds. The molecule has 1 atom stereocenters. The fourth-order valence-electron chi connectivity index (χ4n) is 2.36. The van der Waals surface area contributed by atoms with Crippen LogP contribution in [-0.2, 0) is 14.8 Å². The number of nitrogens with zero attached hydrogens (tertiary/aromatic N) is 1. The van der Waals surface area contributed by atoms with Gasteiger partial charge in [-0.15, -0.1) is 23.7 Å². The zero-order valence-corrected chi connectivity index (χ0v) is 15.7. The van der Waals surface area contributed by atoms with Crippen molar-refractivity contribution < 1.29 is 18.3 Å². The number of halogens is 2. The molecule has 1 aliphatic heterocycles. The Hall–Kier alpha value is -0.190. The Morgan fingerprint density at radius 2 is 2.23 bits per heavy atom. The highest BCUT2D eigenvalue weighted by Crippen LogP contribution is 2.30. The van der Waals surface area contributed by atoms with Gasteiger partial charge in [0.25, 0.3) is 10.0 Å². The number of hydrogen-bond acceptors (Lipinski definition) is 5. The maximum atomic E-state index is 12.5. The number of piperidine rings is 1. The minimum atomic E-state index is -3.44. The van der Waals surface area contributed by atoms with Crippen LogP contribution < -0.4 is 5.32 Å². The third kappa shape index (κ3) is 5.17. The molecular weight excluding hydrogens is 416 g/mol. The van der Waals surface area contributed by atoms with Crippen molar-refractivity contribution in [1.82, 2.24) is 9.62 Å². The summed E-state index contributed by atoms with van der Waals surface area (Å²) < 4.78 is 27.7. The third-order valence-corrected chi connectivity index (χ3v) is 7.29. The normalized spacial score (nSPS) is 19.6. The summed E-state index contributed by atoms with van der Waals surface area (Å²) in [5.74, 6) is -0.755. The number of carboxylic acids is 1. The lowest BCUT2D eigenvalue weighted by Crippen LogP contribution is -2.43. The number of carbonyl (C=O) groups is 1. The van der Waals surface area contributed by atoms with E-state index in [2.05, 4.69) is 21.2 Å². The second kappa shape index (κ2) is 8.60. The summed E-state index contributed by atoms with van der Waals surface area (Å²) in [4.78, 5) is 10.5. The zero-order chi connectivity index (χ0) is 15.5. The first-order valence-electron chi connectivity index (χ1n) is 6.57. The first-order valence-corrected chi connectivity index (χ1v) is 9.62. The molecule has 10 heteroatoms. The summed E-state index contributed by atoms with van der Waals surface area (Å²) in [6.07, 6.45) is 1.71. The van der Waals surface area contributed by atoms with Crippen LogP contribution >= 0.6 is 39.7 Å². The smallest absolute Gasteiger partial charge is 0.317 e. The largest absolute Gasteiger partial charge is 0.480 e. The molecular formula is C12H18BrClN2O4S2. The summed E-state index contributed by atoms with van der Waals surface area (Å²) in [6.45, 7) is 1.38. The van der Waals surface area contributed by atoms with E-state index in [1.54, 1.807) is 12.1 Å². The zero-order valence-electron chi connectivity index (χ0n) is 11.7. The topological polar surface area (TPSA) is 86.7 Å². The van der Waals surface area contributed by atoms with Crippen LogP contribution in [0.3, 0.4) is 0 Å². The summed E-state index contributed by atoms with van der Waals surface area (Å²) >= 11 is 4.48. The molecule has 22 heavy (non-hydrogen) atoms. The summed E-state index contributed by atoms with van der Waals surface area (Å²) in [5.41, 5.74) is 0. The molecule has 0 aromatic carbocycles. The first-order chi connectivity index (χ1) is 9.89. The Balaban J connectivity index is 0.00000242. The minimum Gasteiger partial charge on any atom is -0.480 e. The number of aliphatic carboxylic acids is 1. The Labute approximate surface area is 148 Å². The van der Waals surface area contributed by atoms with Crippen LogP contribution in [0.4, 0.5) is 0 Å². The second-order valence-electron chi connectivity index (χ2n) is 4.95. The van der Waals surface area contributed by atoms with Gasteiger partial charge in [-0.05, 0) is 53.4 Å². The highest BCUT2D eigenvalue weighted by atomic mass is 79.9. The van der Waals surface area contributed by atoms with E-state index in [4.69, 9.17) is 5.11 Å². The fourth-order valence-corrected chi connectivity index (χ4v) is 6.08. The van der Waals surface area contributed by atoms with Gasteiger partial charge in [0.2, 0.25) is 0 Å². The molecule has 2 heterocycles. The second-order valence-corrected chi connectivity index (χ2v) is 9.58. The quantitative estimate of drug-likeness (QED) is 0.716. The van der Waals surface area contributed by atoms with Gasteiger partial charge in [0.05, 0.1) is 10.3 Å². The minimum absolute atomic E-state index is 0. The highest BCUT2D eigenvalue weighted by Gasteiger charge is 2.31. The molecule has 1 aromatic heterocycles. The molecule has 1 unspecified atom stereocenters. The number of carboxylic acid groups (broad SMARTS) is 1. The molecule has 0 spiro atoms. The Bertz CT molecular complexity index is 608. The molecule has 2 rings (SSSR count). The molecule has 0 radical (unpaired) electrons. The molecule has 1 fully saturated rings. The maximum absolute atomic E-state index is 12.5. The van der Waals surface area contributed by atoms with Crippen molar-refractivity contribution >= 4 is 55.7 Å². The van der Waals surface area contributed by atoms with E-state index >= 15 is 0 Å². The van der Waals surface area contributed by atoms with E-state index in [0.29, 0.717) is 23.8 Å². The number of sulfonamides is 1. The van der Waals surface area contributed by atoms with E-state index in [0.717, 1.165) is 16.6 Å². The SMILES string of the molecule is Cl.O=C(O)CNCC1CCCN(S(=O)(=O)c2ccc(Br)s2)C1. The van der Waals surface area contributed by atoms with Gasteiger partial charge in [-0.3, -0.25) is 4.79 Å². The molecule has 1 aliphatic rings. The van der Waals surface area contributed by atoms with Crippen LogP contribution in [0, 0.1) is 5.92 Å². The van der Waals surface area contributed by atoms with E-state index in [9.17, 15) is 13.2 Å². The van der Waals surface area contributed by atoms with Gasteiger partial charge in [0.1, 0.15) is 4.21 Å². The summed E-state index contributed by atoms with van der Waals surface area (Å²) in [5, 5.41) is 11.4. The van der Waals surface area contributed by atoms with Gasteiger partial charge in [-0.1, -0.05) is 0 Å². The summed E-state index contributed by atoms with van der Waals surface area (Å²) in [7, 11) is -3.44. The Morgan fingerprint density at radius 1 is 1.50 bits per heavy atom. The summed E-state index contributed by atoms with van der Waals surface area (Å²) in [6, 6.07) is 3.34. The van der Waals surface area contributed by atoms with Crippen LogP contribution in [0.2, 0.25) is 0 Å². The number of nitrogens with one attached hydrogen (secondary N) is 1. The van der Waals surface area contributed by atoms with Crippen molar-refractivity contribution in [2.45, 2.75) is 17.1 Å². The third-order valence-electron chi connectivity index (χ3n) is 3.33. The maximum Gasteiger partial charge on any atom is 0.317 e. The molecule has 1 saturated heterocycles. The predicted molar refractivity (Wildman–Crippen MR) is 91.3 cm³/mol. The highest BCUT2D eigenvalue weighted by molar-refractivity contribution is 9.11. The van der Waals surface area contributed by atoms with E-state index in [1.165, 1.54) is 15.6 Å². The lowest BCUT2D eigenvalue weighted by molar-refractivity contribution is -0.136. The van der Waals surface area contributed by atoms with Crippen LogP contribution in [-0.4, -0.2) is 50.0 Å². The number of rotatable bonds is 6. The molecule has 0 bridgehead atoms. The van der Waals surface area contributed by atoms with Crippen molar-refractivity contribution in [3.05, 3.63) is 15.9 Å².